The zero-order chi connectivity index (χ0) is 12.8. The van der Waals surface area contributed by atoms with Gasteiger partial charge in [0.05, 0.1) is 24.9 Å². The van der Waals surface area contributed by atoms with Crippen LogP contribution in [0.25, 0.3) is 0 Å². The lowest BCUT2D eigenvalue weighted by molar-refractivity contribution is -0.119. The molecule has 0 bridgehead atoms. The van der Waals surface area contributed by atoms with Crippen molar-refractivity contribution in [3.63, 3.8) is 0 Å². The number of likely N-dealkylation sites (N-methyl/N-ethyl adjacent to an activating group) is 1. The fourth-order valence-corrected chi connectivity index (χ4v) is 1.45. The van der Waals surface area contributed by atoms with Gasteiger partial charge in [-0.25, -0.2) is 5.84 Å². The van der Waals surface area contributed by atoms with Gasteiger partial charge in [-0.1, -0.05) is 6.92 Å². The molecule has 1 heterocycles. The summed E-state index contributed by atoms with van der Waals surface area (Å²) in [4.78, 5) is 24.0. The zero-order valence-electron chi connectivity index (χ0n) is 9.60. The summed E-state index contributed by atoms with van der Waals surface area (Å²) in [6.45, 7) is 2.94. The van der Waals surface area contributed by atoms with Crippen molar-refractivity contribution in [1.82, 2.24) is 10.3 Å². The van der Waals surface area contributed by atoms with E-state index >= 15 is 0 Å². The Morgan fingerprint density at radius 2 is 2.24 bits per heavy atom. The number of furan rings is 1. The first kappa shape index (κ1) is 13.2. The first-order chi connectivity index (χ1) is 8.08. The summed E-state index contributed by atoms with van der Waals surface area (Å²) in [5.41, 5.74) is 7.50. The van der Waals surface area contributed by atoms with Crippen LogP contribution in [0.5, 0.6) is 0 Å². The summed E-state index contributed by atoms with van der Waals surface area (Å²) in [6.07, 6.45) is 1.40. The minimum absolute atomic E-state index is 0.112. The highest BCUT2D eigenvalue weighted by Crippen LogP contribution is 2.12. The molecular formula is C10H16N4O3. The standard InChI is InChI=1S/C10H16N4O3/c1-2-14(6-9(11)15)5-8-7(3-4-17-8)10(16)13-12/h3-4H,2,5-6,12H2,1H3,(H2,11,15)(H,13,16). The van der Waals surface area contributed by atoms with Crippen molar-refractivity contribution in [3.8, 4) is 0 Å². The Morgan fingerprint density at radius 3 is 2.76 bits per heavy atom. The molecule has 17 heavy (non-hydrogen) atoms. The number of primary amides is 1. The summed E-state index contributed by atoms with van der Waals surface area (Å²) < 4.78 is 5.19. The van der Waals surface area contributed by atoms with Crippen molar-refractivity contribution < 1.29 is 14.0 Å². The van der Waals surface area contributed by atoms with Gasteiger partial charge in [-0.15, -0.1) is 0 Å². The summed E-state index contributed by atoms with van der Waals surface area (Å²) >= 11 is 0. The van der Waals surface area contributed by atoms with Crippen molar-refractivity contribution in [1.29, 1.82) is 0 Å². The number of carbonyl (C=O) groups is 2. The van der Waals surface area contributed by atoms with Gasteiger partial charge >= 0.3 is 0 Å². The average Bonchev–Trinajstić information content (AvgIpc) is 2.74. The highest BCUT2D eigenvalue weighted by atomic mass is 16.3. The van der Waals surface area contributed by atoms with Crippen LogP contribution in [0.15, 0.2) is 16.7 Å². The lowest BCUT2D eigenvalue weighted by Crippen LogP contribution is -2.34. The third-order valence-electron chi connectivity index (χ3n) is 2.32. The Kier molecular flexibility index (Phi) is 4.68. The molecule has 7 nitrogen and oxygen atoms in total. The van der Waals surface area contributed by atoms with Gasteiger partial charge in [0.25, 0.3) is 5.91 Å². The fourth-order valence-electron chi connectivity index (χ4n) is 1.45. The zero-order valence-corrected chi connectivity index (χ0v) is 9.60. The average molecular weight is 240 g/mol. The molecular weight excluding hydrogens is 224 g/mol. The maximum Gasteiger partial charge on any atom is 0.268 e. The number of amides is 2. The van der Waals surface area contributed by atoms with Crippen molar-refractivity contribution in [3.05, 3.63) is 23.7 Å². The molecule has 0 unspecified atom stereocenters. The molecule has 2 amide bonds. The molecule has 0 spiro atoms. The second-order valence-corrected chi connectivity index (χ2v) is 3.50. The molecule has 5 N–H and O–H groups in total. The van der Waals surface area contributed by atoms with Crippen LogP contribution in [-0.2, 0) is 11.3 Å². The maximum atomic E-state index is 11.4. The van der Waals surface area contributed by atoms with Gasteiger partial charge in [0.15, 0.2) is 0 Å². The Bertz CT molecular complexity index is 402. The van der Waals surface area contributed by atoms with E-state index in [4.69, 9.17) is 16.0 Å². The van der Waals surface area contributed by atoms with Gasteiger partial charge in [-0.05, 0) is 12.6 Å². The van der Waals surface area contributed by atoms with Crippen LogP contribution in [-0.4, -0.2) is 29.8 Å². The molecule has 0 saturated carbocycles. The first-order valence-corrected chi connectivity index (χ1v) is 5.16. The highest BCUT2D eigenvalue weighted by Gasteiger charge is 2.16. The van der Waals surface area contributed by atoms with E-state index in [1.165, 1.54) is 12.3 Å². The highest BCUT2D eigenvalue weighted by molar-refractivity contribution is 5.94. The van der Waals surface area contributed by atoms with Gasteiger partial charge in [0.2, 0.25) is 5.91 Å². The summed E-state index contributed by atoms with van der Waals surface area (Å²) in [5, 5.41) is 0. The lowest BCUT2D eigenvalue weighted by Gasteiger charge is -2.17. The van der Waals surface area contributed by atoms with Crippen molar-refractivity contribution in [2.75, 3.05) is 13.1 Å². The van der Waals surface area contributed by atoms with E-state index in [0.29, 0.717) is 24.4 Å². The van der Waals surface area contributed by atoms with E-state index < -0.39 is 11.8 Å². The molecule has 1 aromatic heterocycles. The number of hydrogen-bond acceptors (Lipinski definition) is 5. The summed E-state index contributed by atoms with van der Waals surface area (Å²) in [7, 11) is 0. The first-order valence-electron chi connectivity index (χ1n) is 5.16. The van der Waals surface area contributed by atoms with E-state index in [-0.39, 0.29) is 6.54 Å². The molecule has 0 aliphatic heterocycles. The number of nitrogen functional groups attached to an aromatic ring is 1. The van der Waals surface area contributed by atoms with Crippen LogP contribution in [0.1, 0.15) is 23.0 Å². The molecule has 1 aromatic rings. The van der Waals surface area contributed by atoms with E-state index in [9.17, 15) is 9.59 Å². The number of carbonyl (C=O) groups excluding carboxylic acids is 2. The minimum atomic E-state index is -0.428. The van der Waals surface area contributed by atoms with Crippen molar-refractivity contribution >= 4 is 11.8 Å². The number of hydrazine groups is 1. The molecule has 0 atom stereocenters. The van der Waals surface area contributed by atoms with Crippen LogP contribution in [0.3, 0.4) is 0 Å². The predicted molar refractivity (Wildman–Crippen MR) is 60.5 cm³/mol. The van der Waals surface area contributed by atoms with Crippen LogP contribution in [0.2, 0.25) is 0 Å². The van der Waals surface area contributed by atoms with Gasteiger partial charge in [-0.2, -0.15) is 0 Å². The lowest BCUT2D eigenvalue weighted by atomic mass is 10.2. The molecule has 0 aliphatic carbocycles. The van der Waals surface area contributed by atoms with Crippen molar-refractivity contribution in [2.24, 2.45) is 11.6 Å². The second kappa shape index (κ2) is 6.02. The molecule has 7 heteroatoms. The number of rotatable bonds is 6. The molecule has 0 aliphatic rings. The van der Waals surface area contributed by atoms with Crippen molar-refractivity contribution in [2.45, 2.75) is 13.5 Å². The van der Waals surface area contributed by atoms with Crippen LogP contribution in [0.4, 0.5) is 0 Å². The topological polar surface area (TPSA) is 115 Å². The monoisotopic (exact) mass is 240 g/mol. The van der Waals surface area contributed by atoms with Crippen LogP contribution in [0, 0.1) is 0 Å². The summed E-state index contributed by atoms with van der Waals surface area (Å²) in [5.74, 6) is 4.65. The molecule has 0 aromatic carbocycles. The third-order valence-corrected chi connectivity index (χ3v) is 2.32. The quantitative estimate of drug-likeness (QED) is 0.342. The van der Waals surface area contributed by atoms with E-state index in [1.807, 2.05) is 12.3 Å². The molecule has 0 fully saturated rings. The van der Waals surface area contributed by atoms with Crippen LogP contribution < -0.4 is 17.0 Å². The molecule has 0 radical (unpaired) electrons. The van der Waals surface area contributed by atoms with Crippen LogP contribution >= 0.6 is 0 Å². The van der Waals surface area contributed by atoms with E-state index in [2.05, 4.69) is 0 Å². The molecule has 1 rings (SSSR count). The minimum Gasteiger partial charge on any atom is -0.467 e. The van der Waals surface area contributed by atoms with E-state index in [0.717, 1.165) is 0 Å². The number of hydrogen-bond donors (Lipinski definition) is 3. The smallest absolute Gasteiger partial charge is 0.268 e. The maximum absolute atomic E-state index is 11.4. The molecule has 0 saturated heterocycles. The van der Waals surface area contributed by atoms with Gasteiger partial charge < -0.3 is 10.2 Å². The van der Waals surface area contributed by atoms with Gasteiger partial charge in [0, 0.05) is 0 Å². The largest absolute Gasteiger partial charge is 0.467 e. The number of nitrogens with zero attached hydrogens (tertiary/aromatic N) is 1. The normalized spacial score (nSPS) is 10.5. The Morgan fingerprint density at radius 1 is 1.53 bits per heavy atom. The van der Waals surface area contributed by atoms with E-state index in [1.54, 1.807) is 4.90 Å². The second-order valence-electron chi connectivity index (χ2n) is 3.50. The Labute approximate surface area is 98.7 Å². The Hall–Kier alpha value is -1.86. The Balaban J connectivity index is 2.76. The summed E-state index contributed by atoms with van der Waals surface area (Å²) in [6, 6.07) is 1.52. The van der Waals surface area contributed by atoms with Gasteiger partial charge in [-0.3, -0.25) is 19.9 Å². The van der Waals surface area contributed by atoms with Gasteiger partial charge in [0.1, 0.15) is 5.76 Å². The number of nitrogens with one attached hydrogen (secondary N) is 1. The SMILES string of the molecule is CCN(CC(N)=O)Cc1occc1C(=O)NN. The predicted octanol–water partition coefficient (Wildman–Crippen LogP) is -0.810. The third kappa shape index (κ3) is 3.58. The number of nitrogens with two attached hydrogens (primary N) is 2. The molecule has 94 valence electrons. The fraction of sp³-hybridized carbons (Fsp3) is 0.400.